The van der Waals surface area contributed by atoms with E-state index < -0.39 is 42.6 Å². The van der Waals surface area contributed by atoms with E-state index in [4.69, 9.17) is 19.3 Å². The highest BCUT2D eigenvalue weighted by atomic mass is 16.7. The smallest absolute Gasteiger partial charge is 0.303 e. The number of hydrogen-bond donors (Lipinski definition) is 5. The molecule has 1 fully saturated rings. The molecule has 35 heavy (non-hydrogen) atoms. The number of nitrogens with one attached hydrogen (secondary N) is 1. The van der Waals surface area contributed by atoms with Crippen molar-refractivity contribution in [3.8, 4) is 11.5 Å². The molecule has 0 radical (unpaired) electrons. The molecular formula is C25H31NO9. The molecule has 0 aliphatic carbocycles. The Morgan fingerprint density at radius 3 is 2.37 bits per heavy atom. The lowest BCUT2D eigenvalue weighted by molar-refractivity contribution is -0.293. The summed E-state index contributed by atoms with van der Waals surface area (Å²) in [5, 5.41) is 42.0. The fraction of sp³-hybridized carbons (Fsp3) is 0.440. The molecule has 0 bridgehead atoms. The number of hydrogen-bond acceptors (Lipinski definition) is 8. The van der Waals surface area contributed by atoms with Gasteiger partial charge in [-0.05, 0) is 42.7 Å². The van der Waals surface area contributed by atoms with E-state index in [9.17, 15) is 24.9 Å². The number of aliphatic carboxylic acids is 1. The van der Waals surface area contributed by atoms with Crippen LogP contribution >= 0.6 is 0 Å². The van der Waals surface area contributed by atoms with Crippen molar-refractivity contribution >= 4 is 11.9 Å². The minimum Gasteiger partial charge on any atom is -0.481 e. The van der Waals surface area contributed by atoms with Crippen molar-refractivity contribution in [1.29, 1.82) is 0 Å². The van der Waals surface area contributed by atoms with Gasteiger partial charge in [0, 0.05) is 13.0 Å². The highest BCUT2D eigenvalue weighted by Gasteiger charge is 2.47. The second-order valence-electron chi connectivity index (χ2n) is 8.27. The van der Waals surface area contributed by atoms with Crippen molar-refractivity contribution in [3.05, 3.63) is 60.2 Å². The van der Waals surface area contributed by atoms with Crippen LogP contribution in [0.1, 0.15) is 31.2 Å². The van der Waals surface area contributed by atoms with Crippen LogP contribution in [0, 0.1) is 0 Å². The summed E-state index contributed by atoms with van der Waals surface area (Å²) in [4.78, 5) is 23.0. The summed E-state index contributed by atoms with van der Waals surface area (Å²) in [6, 6.07) is 16.3. The number of carboxylic acids is 1. The average molecular weight is 490 g/mol. The molecule has 1 heterocycles. The predicted octanol–water partition coefficient (Wildman–Crippen LogP) is 1.56. The number of carboxylic acid groups (broad SMARTS) is 1. The average Bonchev–Trinajstić information content (AvgIpc) is 2.85. The van der Waals surface area contributed by atoms with Crippen LogP contribution in [-0.4, -0.2) is 69.6 Å². The van der Waals surface area contributed by atoms with Crippen molar-refractivity contribution in [2.45, 2.75) is 63.0 Å². The molecular weight excluding hydrogens is 458 g/mol. The van der Waals surface area contributed by atoms with E-state index in [1.54, 1.807) is 24.3 Å². The number of carbonyl (C=O) groups excluding carboxylic acids is 1. The van der Waals surface area contributed by atoms with Crippen molar-refractivity contribution < 1.29 is 44.2 Å². The number of unbranched alkanes of at least 4 members (excludes halogenated alkanes) is 2. The number of rotatable bonds is 12. The maximum Gasteiger partial charge on any atom is 0.303 e. The molecule has 3 rings (SSSR count). The summed E-state index contributed by atoms with van der Waals surface area (Å²) < 4.78 is 16.9. The SMILES string of the molecule is O=C(O)CCCCCNC(=O)[C@H]1O[C@@H](OCc2cccc(Oc3ccccc3)c2)[C@H](O)[C@@H](O)[C@@H]1O. The zero-order valence-electron chi connectivity index (χ0n) is 19.2. The molecule has 1 amide bonds. The molecule has 10 nitrogen and oxygen atoms in total. The highest BCUT2D eigenvalue weighted by Crippen LogP contribution is 2.25. The lowest BCUT2D eigenvalue weighted by atomic mass is 9.98. The first-order valence-electron chi connectivity index (χ1n) is 11.5. The first kappa shape index (κ1) is 26.6. The molecule has 190 valence electrons. The van der Waals surface area contributed by atoms with Crippen LogP contribution in [0.15, 0.2) is 54.6 Å². The Kier molecular flexibility index (Phi) is 10.0. The minimum absolute atomic E-state index is 0.00551. The van der Waals surface area contributed by atoms with E-state index in [-0.39, 0.29) is 19.6 Å². The Bertz CT molecular complexity index is 955. The second-order valence-corrected chi connectivity index (χ2v) is 8.27. The van der Waals surface area contributed by atoms with Crippen molar-refractivity contribution in [3.63, 3.8) is 0 Å². The van der Waals surface area contributed by atoms with E-state index in [0.717, 1.165) is 0 Å². The first-order chi connectivity index (χ1) is 16.8. The Labute approximate surface area is 203 Å². The molecule has 2 aromatic carbocycles. The van der Waals surface area contributed by atoms with Gasteiger partial charge in [-0.2, -0.15) is 0 Å². The lowest BCUT2D eigenvalue weighted by Gasteiger charge is -2.39. The van der Waals surface area contributed by atoms with Crippen LogP contribution in [0.25, 0.3) is 0 Å². The summed E-state index contributed by atoms with van der Waals surface area (Å²) in [7, 11) is 0. The third-order valence-corrected chi connectivity index (χ3v) is 5.49. The molecule has 5 N–H and O–H groups in total. The monoisotopic (exact) mass is 489 g/mol. The third-order valence-electron chi connectivity index (χ3n) is 5.49. The zero-order chi connectivity index (χ0) is 25.2. The van der Waals surface area contributed by atoms with Gasteiger partial charge in [-0.1, -0.05) is 36.8 Å². The largest absolute Gasteiger partial charge is 0.481 e. The van der Waals surface area contributed by atoms with E-state index in [1.807, 2.05) is 30.3 Å². The summed E-state index contributed by atoms with van der Waals surface area (Å²) in [6.45, 7) is 0.248. The molecule has 0 unspecified atom stereocenters. The normalized spacial score (nSPS) is 24.0. The fourth-order valence-corrected chi connectivity index (χ4v) is 3.59. The van der Waals surface area contributed by atoms with Gasteiger partial charge in [0.2, 0.25) is 0 Å². The lowest BCUT2D eigenvalue weighted by Crippen LogP contribution is -2.62. The number of para-hydroxylation sites is 1. The number of amides is 1. The minimum atomic E-state index is -1.65. The molecule has 1 aliphatic heterocycles. The van der Waals surface area contributed by atoms with Gasteiger partial charge >= 0.3 is 5.97 Å². The Morgan fingerprint density at radius 1 is 0.886 bits per heavy atom. The van der Waals surface area contributed by atoms with Gasteiger partial charge in [0.25, 0.3) is 5.91 Å². The van der Waals surface area contributed by atoms with Gasteiger partial charge in [-0.15, -0.1) is 0 Å². The maximum absolute atomic E-state index is 12.5. The van der Waals surface area contributed by atoms with Crippen LogP contribution in [0.3, 0.4) is 0 Å². The van der Waals surface area contributed by atoms with Crippen LogP contribution in [0.5, 0.6) is 11.5 Å². The molecule has 0 aromatic heterocycles. The van der Waals surface area contributed by atoms with E-state index in [2.05, 4.69) is 5.32 Å². The molecule has 0 saturated carbocycles. The predicted molar refractivity (Wildman–Crippen MR) is 124 cm³/mol. The highest BCUT2D eigenvalue weighted by molar-refractivity contribution is 5.81. The second kappa shape index (κ2) is 13.2. The van der Waals surface area contributed by atoms with Crippen LogP contribution in [0.4, 0.5) is 0 Å². The first-order valence-corrected chi connectivity index (χ1v) is 11.5. The number of aliphatic hydroxyl groups excluding tert-OH is 3. The quantitative estimate of drug-likeness (QED) is 0.279. The summed E-state index contributed by atoms with van der Waals surface area (Å²) in [6.07, 6.45) is -5.92. The standard InChI is InChI=1S/C25H31NO9/c27-19(28)12-5-2-6-13-26-24(32)23-21(30)20(29)22(31)25(35-23)33-15-16-8-7-11-18(14-16)34-17-9-3-1-4-10-17/h1,3-4,7-11,14,20-23,25,29-31H,2,5-6,12-13,15H2,(H,26,32)(H,27,28)/t20-,21-,22+,23-,25+/m0/s1. The topological polar surface area (TPSA) is 155 Å². The number of benzene rings is 2. The number of ether oxygens (including phenoxy) is 3. The molecule has 2 aromatic rings. The summed E-state index contributed by atoms with van der Waals surface area (Å²) in [5.41, 5.74) is 0.706. The van der Waals surface area contributed by atoms with Crippen molar-refractivity contribution in [2.75, 3.05) is 6.54 Å². The van der Waals surface area contributed by atoms with Crippen LogP contribution in [0.2, 0.25) is 0 Å². The summed E-state index contributed by atoms with van der Waals surface area (Å²) >= 11 is 0. The molecule has 5 atom stereocenters. The molecule has 10 heteroatoms. The Morgan fingerprint density at radius 2 is 1.63 bits per heavy atom. The van der Waals surface area contributed by atoms with Crippen molar-refractivity contribution in [2.24, 2.45) is 0 Å². The Hall–Kier alpha value is -3.02. The van der Waals surface area contributed by atoms with Crippen molar-refractivity contribution in [1.82, 2.24) is 5.32 Å². The summed E-state index contributed by atoms with van der Waals surface area (Å²) in [5.74, 6) is -0.279. The third kappa shape index (κ3) is 8.01. The van der Waals surface area contributed by atoms with E-state index in [0.29, 0.717) is 36.3 Å². The number of carbonyl (C=O) groups is 2. The van der Waals surface area contributed by atoms with Gasteiger partial charge in [0.05, 0.1) is 6.61 Å². The fourth-order valence-electron chi connectivity index (χ4n) is 3.59. The van der Waals surface area contributed by atoms with Gasteiger partial charge < -0.3 is 40.0 Å². The van der Waals surface area contributed by atoms with Gasteiger partial charge in [0.15, 0.2) is 12.4 Å². The van der Waals surface area contributed by atoms with Gasteiger partial charge in [0.1, 0.15) is 29.8 Å². The van der Waals surface area contributed by atoms with E-state index in [1.165, 1.54) is 0 Å². The van der Waals surface area contributed by atoms with Crippen LogP contribution < -0.4 is 10.1 Å². The number of aliphatic hydroxyl groups is 3. The molecule has 1 aliphatic rings. The Balaban J connectivity index is 1.52. The van der Waals surface area contributed by atoms with Gasteiger partial charge in [-0.25, -0.2) is 0 Å². The van der Waals surface area contributed by atoms with Gasteiger partial charge in [-0.3, -0.25) is 9.59 Å². The zero-order valence-corrected chi connectivity index (χ0v) is 19.2. The van der Waals surface area contributed by atoms with E-state index >= 15 is 0 Å². The van der Waals surface area contributed by atoms with Crippen LogP contribution in [-0.2, 0) is 25.7 Å². The maximum atomic E-state index is 12.5. The molecule has 1 saturated heterocycles. The molecule has 0 spiro atoms.